The summed E-state index contributed by atoms with van der Waals surface area (Å²) in [6, 6.07) is 0. The average molecular weight is 238 g/mol. The van der Waals surface area contributed by atoms with Crippen molar-refractivity contribution in [3.63, 3.8) is 0 Å². The van der Waals surface area contributed by atoms with Crippen LogP contribution in [0.4, 0.5) is 8.78 Å². The molecule has 0 aliphatic heterocycles. The third-order valence-corrected chi connectivity index (χ3v) is 2.20. The van der Waals surface area contributed by atoms with E-state index in [1.54, 1.807) is 0 Å². The molecule has 0 spiro atoms. The molecule has 1 atom stereocenters. The maximum absolute atomic E-state index is 11.7. The molecule has 0 bridgehead atoms. The summed E-state index contributed by atoms with van der Waals surface area (Å²) >= 11 is 0. The molecule has 4 nitrogen and oxygen atoms in total. The van der Waals surface area contributed by atoms with Gasteiger partial charge in [-0.25, -0.2) is 8.78 Å². The van der Waals surface area contributed by atoms with Crippen molar-refractivity contribution in [2.24, 2.45) is 11.7 Å². The third kappa shape index (κ3) is 8.55. The Morgan fingerprint density at radius 3 is 2.69 bits per heavy atom. The van der Waals surface area contributed by atoms with Crippen molar-refractivity contribution in [2.45, 2.75) is 26.2 Å². The van der Waals surface area contributed by atoms with E-state index in [2.05, 4.69) is 10.1 Å². The van der Waals surface area contributed by atoms with Crippen molar-refractivity contribution in [3.8, 4) is 0 Å². The van der Waals surface area contributed by atoms with E-state index in [1.807, 2.05) is 6.92 Å². The van der Waals surface area contributed by atoms with Crippen LogP contribution in [0.25, 0.3) is 0 Å². The highest BCUT2D eigenvalue weighted by Crippen LogP contribution is 2.04. The highest BCUT2D eigenvalue weighted by atomic mass is 19.3. The second-order valence-corrected chi connectivity index (χ2v) is 3.53. The quantitative estimate of drug-likeness (QED) is 0.583. The number of amides is 1. The van der Waals surface area contributed by atoms with Gasteiger partial charge in [0.25, 0.3) is 6.43 Å². The van der Waals surface area contributed by atoms with Gasteiger partial charge in [0.05, 0.1) is 6.61 Å². The van der Waals surface area contributed by atoms with Crippen molar-refractivity contribution in [3.05, 3.63) is 0 Å². The molecule has 0 aromatic rings. The zero-order chi connectivity index (χ0) is 12.4. The zero-order valence-electron chi connectivity index (χ0n) is 9.55. The Bertz CT molecular complexity index is 188. The molecule has 3 N–H and O–H groups in total. The first kappa shape index (κ1) is 15.2. The second-order valence-electron chi connectivity index (χ2n) is 3.53. The maximum Gasteiger partial charge on any atom is 0.261 e. The van der Waals surface area contributed by atoms with Crippen LogP contribution in [-0.4, -0.2) is 38.6 Å². The summed E-state index contributed by atoms with van der Waals surface area (Å²) in [6.07, 6.45) is -1.23. The molecule has 0 heterocycles. The molecule has 0 saturated carbocycles. The normalized spacial score (nSPS) is 12.8. The van der Waals surface area contributed by atoms with E-state index >= 15 is 0 Å². The van der Waals surface area contributed by atoms with Crippen LogP contribution in [0, 0.1) is 5.92 Å². The summed E-state index contributed by atoms with van der Waals surface area (Å²) in [5.41, 5.74) is 5.45. The maximum atomic E-state index is 11.7. The second kappa shape index (κ2) is 9.47. The summed E-state index contributed by atoms with van der Waals surface area (Å²) in [4.78, 5) is 11.3. The molecule has 6 heteroatoms. The van der Waals surface area contributed by atoms with Gasteiger partial charge in [-0.3, -0.25) is 4.79 Å². The first-order valence-corrected chi connectivity index (χ1v) is 5.42. The Kier molecular flexibility index (Phi) is 9.03. The number of nitrogens with two attached hydrogens (primary N) is 1. The summed E-state index contributed by atoms with van der Waals surface area (Å²) < 4.78 is 27.9. The fraction of sp³-hybridized carbons (Fsp3) is 0.900. The predicted molar refractivity (Wildman–Crippen MR) is 57.3 cm³/mol. The molecule has 1 unspecified atom stereocenters. The number of hydrogen-bond donors (Lipinski definition) is 2. The number of carbonyl (C=O) groups excluding carboxylic acids is 1. The molecule has 0 aromatic heterocycles. The lowest BCUT2D eigenvalue weighted by molar-refractivity contribution is -0.122. The van der Waals surface area contributed by atoms with Crippen LogP contribution >= 0.6 is 0 Å². The molecular weight excluding hydrogens is 218 g/mol. The minimum Gasteiger partial charge on any atom is -0.374 e. The van der Waals surface area contributed by atoms with Crippen molar-refractivity contribution in [2.75, 3.05) is 26.3 Å². The van der Waals surface area contributed by atoms with E-state index in [-0.39, 0.29) is 25.0 Å². The molecule has 16 heavy (non-hydrogen) atoms. The van der Waals surface area contributed by atoms with Crippen LogP contribution in [0.15, 0.2) is 0 Å². The number of halogens is 2. The highest BCUT2D eigenvalue weighted by Gasteiger charge is 2.09. The van der Waals surface area contributed by atoms with E-state index in [1.165, 1.54) is 0 Å². The van der Waals surface area contributed by atoms with Gasteiger partial charge in [-0.05, 0) is 12.5 Å². The van der Waals surface area contributed by atoms with Crippen LogP contribution in [0.3, 0.4) is 0 Å². The first-order chi connectivity index (χ1) is 7.60. The molecule has 0 aliphatic carbocycles. The standard InChI is InChI=1S/C10H20F2N2O2/c1-2-8(6-13)5-10(15)14-3-4-16-7-9(11)12/h8-9H,2-7,13H2,1H3,(H,14,15). The lowest BCUT2D eigenvalue weighted by atomic mass is 10.0. The van der Waals surface area contributed by atoms with Gasteiger partial charge in [-0.15, -0.1) is 0 Å². The smallest absolute Gasteiger partial charge is 0.261 e. The topological polar surface area (TPSA) is 64.4 Å². The lowest BCUT2D eigenvalue weighted by Gasteiger charge is -2.11. The molecule has 1 amide bonds. The highest BCUT2D eigenvalue weighted by molar-refractivity contribution is 5.76. The van der Waals surface area contributed by atoms with E-state index < -0.39 is 13.0 Å². The molecule has 0 aromatic carbocycles. The van der Waals surface area contributed by atoms with Crippen molar-refractivity contribution in [1.82, 2.24) is 5.32 Å². The Hall–Kier alpha value is -0.750. The van der Waals surface area contributed by atoms with Gasteiger partial charge in [0.1, 0.15) is 6.61 Å². The Balaban J connectivity index is 3.43. The van der Waals surface area contributed by atoms with Gasteiger partial charge in [0, 0.05) is 13.0 Å². The molecular formula is C10H20F2N2O2. The third-order valence-electron chi connectivity index (χ3n) is 2.20. The van der Waals surface area contributed by atoms with Crippen LogP contribution < -0.4 is 11.1 Å². The van der Waals surface area contributed by atoms with Gasteiger partial charge in [0.15, 0.2) is 0 Å². The van der Waals surface area contributed by atoms with Crippen LogP contribution in [0.2, 0.25) is 0 Å². The van der Waals surface area contributed by atoms with Gasteiger partial charge in [-0.2, -0.15) is 0 Å². The van der Waals surface area contributed by atoms with E-state index in [0.717, 1.165) is 6.42 Å². The van der Waals surface area contributed by atoms with Gasteiger partial charge >= 0.3 is 0 Å². The monoisotopic (exact) mass is 238 g/mol. The van der Waals surface area contributed by atoms with Crippen LogP contribution in [0.1, 0.15) is 19.8 Å². The molecule has 96 valence electrons. The molecule has 0 saturated heterocycles. The minimum absolute atomic E-state index is 0.107. The average Bonchev–Trinajstić information content (AvgIpc) is 2.25. The summed E-state index contributed by atoms with van der Waals surface area (Å²) in [6.45, 7) is 2.22. The predicted octanol–water partition coefficient (Wildman–Crippen LogP) is 0.759. The van der Waals surface area contributed by atoms with Crippen LogP contribution in [-0.2, 0) is 9.53 Å². The Labute approximate surface area is 94.5 Å². The van der Waals surface area contributed by atoms with E-state index in [4.69, 9.17) is 5.73 Å². The summed E-state index contributed by atoms with van der Waals surface area (Å²) in [5, 5.41) is 2.59. The largest absolute Gasteiger partial charge is 0.374 e. The molecule has 0 radical (unpaired) electrons. The number of alkyl halides is 2. The number of hydrogen-bond acceptors (Lipinski definition) is 3. The van der Waals surface area contributed by atoms with Crippen molar-refractivity contribution >= 4 is 5.91 Å². The lowest BCUT2D eigenvalue weighted by Crippen LogP contribution is -2.30. The molecule has 0 rings (SSSR count). The fourth-order valence-corrected chi connectivity index (χ4v) is 1.16. The number of nitrogens with one attached hydrogen (secondary N) is 1. The Morgan fingerprint density at radius 1 is 1.50 bits per heavy atom. The van der Waals surface area contributed by atoms with E-state index in [9.17, 15) is 13.6 Å². The van der Waals surface area contributed by atoms with Gasteiger partial charge in [0.2, 0.25) is 5.91 Å². The summed E-state index contributed by atoms with van der Waals surface area (Å²) in [7, 11) is 0. The first-order valence-electron chi connectivity index (χ1n) is 5.42. The van der Waals surface area contributed by atoms with Crippen LogP contribution in [0.5, 0.6) is 0 Å². The number of ether oxygens (including phenoxy) is 1. The number of carbonyl (C=O) groups is 1. The Morgan fingerprint density at radius 2 is 2.19 bits per heavy atom. The van der Waals surface area contributed by atoms with Gasteiger partial charge in [-0.1, -0.05) is 13.3 Å². The number of rotatable bonds is 9. The molecule has 0 aliphatic rings. The fourth-order valence-electron chi connectivity index (χ4n) is 1.16. The zero-order valence-corrected chi connectivity index (χ0v) is 9.55. The van der Waals surface area contributed by atoms with Crippen molar-refractivity contribution in [1.29, 1.82) is 0 Å². The van der Waals surface area contributed by atoms with Crippen molar-refractivity contribution < 1.29 is 18.3 Å². The van der Waals surface area contributed by atoms with E-state index in [0.29, 0.717) is 13.0 Å². The summed E-state index contributed by atoms with van der Waals surface area (Å²) in [5.74, 6) is 0.0694. The van der Waals surface area contributed by atoms with Gasteiger partial charge < -0.3 is 15.8 Å². The SMILES string of the molecule is CCC(CN)CC(=O)NCCOCC(F)F. The minimum atomic E-state index is -2.46. The molecule has 0 fully saturated rings.